The number of allylic oxidation sites excluding steroid dienone is 1. The van der Waals surface area contributed by atoms with Crippen LogP contribution >= 0.6 is 0 Å². The Kier molecular flexibility index (Phi) is 4.22. The molecule has 0 fully saturated rings. The molecule has 1 aliphatic heterocycles. The highest BCUT2D eigenvalue weighted by molar-refractivity contribution is 6.14. The minimum atomic E-state index is -0.522. The third-order valence-corrected chi connectivity index (χ3v) is 3.56. The molecule has 0 radical (unpaired) electrons. The van der Waals surface area contributed by atoms with Gasteiger partial charge in [-0.2, -0.15) is 0 Å². The molecule has 1 aromatic carbocycles. The summed E-state index contributed by atoms with van der Waals surface area (Å²) in [4.78, 5) is 24.0. The second-order valence-electron chi connectivity index (χ2n) is 5.36. The Balaban J connectivity index is 1.90. The number of fused-ring (bicyclic) bond motifs is 1. The van der Waals surface area contributed by atoms with Crippen molar-refractivity contribution in [2.75, 3.05) is 13.7 Å². The van der Waals surface area contributed by atoms with Gasteiger partial charge >= 0.3 is 5.97 Å². The van der Waals surface area contributed by atoms with Crippen molar-refractivity contribution >= 4 is 17.8 Å². The Morgan fingerprint density at radius 3 is 2.67 bits per heavy atom. The van der Waals surface area contributed by atoms with E-state index in [1.54, 1.807) is 37.3 Å². The first-order valence-corrected chi connectivity index (χ1v) is 7.33. The van der Waals surface area contributed by atoms with Crippen LogP contribution in [0.1, 0.15) is 27.4 Å². The van der Waals surface area contributed by atoms with E-state index in [1.165, 1.54) is 7.11 Å². The third kappa shape index (κ3) is 2.96. The van der Waals surface area contributed by atoms with Gasteiger partial charge in [-0.3, -0.25) is 4.79 Å². The zero-order chi connectivity index (χ0) is 17.3. The largest absolute Gasteiger partial charge is 0.462 e. The molecule has 0 unspecified atom stereocenters. The summed E-state index contributed by atoms with van der Waals surface area (Å²) >= 11 is 0. The van der Waals surface area contributed by atoms with E-state index in [2.05, 4.69) is 0 Å². The molecule has 0 saturated carbocycles. The minimum Gasteiger partial charge on any atom is -0.462 e. The topological polar surface area (TPSA) is 75.0 Å². The van der Waals surface area contributed by atoms with Crippen molar-refractivity contribution in [3.8, 4) is 11.5 Å². The monoisotopic (exact) mass is 328 g/mol. The number of furan rings is 1. The summed E-state index contributed by atoms with van der Waals surface area (Å²) in [5, 5.41) is 0. The maximum atomic E-state index is 12.4. The Labute approximate surface area is 138 Å². The molecule has 0 saturated heterocycles. The van der Waals surface area contributed by atoms with Crippen molar-refractivity contribution in [1.29, 1.82) is 0 Å². The quantitative estimate of drug-likeness (QED) is 0.488. The molecule has 1 aliphatic rings. The van der Waals surface area contributed by atoms with E-state index in [-0.39, 0.29) is 18.1 Å². The summed E-state index contributed by atoms with van der Waals surface area (Å²) in [6.07, 6.45) is 1.55. The van der Waals surface area contributed by atoms with Crippen LogP contribution in [0.4, 0.5) is 0 Å². The van der Waals surface area contributed by atoms with Crippen LogP contribution in [0.5, 0.6) is 11.5 Å². The zero-order valence-corrected chi connectivity index (χ0v) is 13.5. The summed E-state index contributed by atoms with van der Waals surface area (Å²) in [7, 11) is 1.41. The third-order valence-electron chi connectivity index (χ3n) is 3.56. The number of methoxy groups -OCH3 is 1. The van der Waals surface area contributed by atoms with Crippen LogP contribution in [-0.4, -0.2) is 25.5 Å². The Hall–Kier alpha value is -2.86. The normalized spacial score (nSPS) is 14.6. The molecule has 0 bridgehead atoms. The van der Waals surface area contributed by atoms with Gasteiger partial charge in [0.1, 0.15) is 29.6 Å². The van der Waals surface area contributed by atoms with Crippen LogP contribution < -0.4 is 9.47 Å². The second kappa shape index (κ2) is 6.33. The first-order valence-electron chi connectivity index (χ1n) is 7.33. The molecule has 124 valence electrons. The lowest BCUT2D eigenvalue weighted by Gasteiger charge is -2.09. The van der Waals surface area contributed by atoms with E-state index in [1.807, 2.05) is 6.92 Å². The zero-order valence-electron chi connectivity index (χ0n) is 13.5. The van der Waals surface area contributed by atoms with Crippen LogP contribution in [0.15, 0.2) is 34.4 Å². The van der Waals surface area contributed by atoms with Gasteiger partial charge in [0.15, 0.2) is 5.76 Å². The van der Waals surface area contributed by atoms with Gasteiger partial charge in [0, 0.05) is 18.7 Å². The molecule has 6 heteroatoms. The number of hydrogen-bond donors (Lipinski definition) is 0. The smallest absolute Gasteiger partial charge is 0.337 e. The highest BCUT2D eigenvalue weighted by atomic mass is 16.6. The molecule has 0 aliphatic carbocycles. The molecule has 2 heterocycles. The predicted molar refractivity (Wildman–Crippen MR) is 85.1 cm³/mol. The fourth-order valence-corrected chi connectivity index (χ4v) is 2.41. The SMILES string of the molecule is COCC(=O)Oc1ccc2c(c1C)O/C(=C\c1ccc(C)o1)C2=O. The van der Waals surface area contributed by atoms with E-state index >= 15 is 0 Å². The van der Waals surface area contributed by atoms with Crippen molar-refractivity contribution < 1.29 is 28.2 Å². The van der Waals surface area contributed by atoms with Crippen molar-refractivity contribution in [1.82, 2.24) is 0 Å². The van der Waals surface area contributed by atoms with Crippen LogP contribution in [0, 0.1) is 13.8 Å². The lowest BCUT2D eigenvalue weighted by atomic mass is 10.1. The predicted octanol–water partition coefficient (Wildman–Crippen LogP) is 3.06. The van der Waals surface area contributed by atoms with Gasteiger partial charge in [0.05, 0.1) is 5.56 Å². The number of Topliss-reactive ketones (excluding diaryl/α,β-unsaturated/α-hetero) is 1. The first-order chi connectivity index (χ1) is 11.5. The number of esters is 1. The summed E-state index contributed by atoms with van der Waals surface area (Å²) in [5.41, 5.74) is 0.998. The van der Waals surface area contributed by atoms with E-state index < -0.39 is 5.97 Å². The van der Waals surface area contributed by atoms with E-state index in [9.17, 15) is 9.59 Å². The number of ketones is 1. The minimum absolute atomic E-state index is 0.153. The number of hydrogen-bond acceptors (Lipinski definition) is 6. The molecule has 6 nitrogen and oxygen atoms in total. The summed E-state index contributed by atoms with van der Waals surface area (Å²) in [6, 6.07) is 6.71. The van der Waals surface area contributed by atoms with Crippen LogP contribution in [0.3, 0.4) is 0 Å². The molecule has 0 spiro atoms. The average molecular weight is 328 g/mol. The number of benzene rings is 1. The van der Waals surface area contributed by atoms with Gasteiger partial charge in [0.25, 0.3) is 0 Å². The Bertz CT molecular complexity index is 843. The molecular formula is C18H16O6. The van der Waals surface area contributed by atoms with E-state index in [4.69, 9.17) is 18.6 Å². The van der Waals surface area contributed by atoms with Gasteiger partial charge in [-0.15, -0.1) is 0 Å². The lowest BCUT2D eigenvalue weighted by Crippen LogP contribution is -2.14. The van der Waals surface area contributed by atoms with Crippen molar-refractivity contribution in [2.45, 2.75) is 13.8 Å². The standard InChI is InChI=1S/C18H16O6/c1-10-4-5-12(22-10)8-15-17(20)13-6-7-14(11(2)18(13)24-15)23-16(19)9-21-3/h4-8H,9H2,1-3H3/b15-8-. The van der Waals surface area contributed by atoms with Crippen LogP contribution in [-0.2, 0) is 9.53 Å². The maximum absolute atomic E-state index is 12.4. The number of carbonyl (C=O) groups is 2. The van der Waals surface area contributed by atoms with Crippen molar-refractivity contribution in [3.63, 3.8) is 0 Å². The average Bonchev–Trinajstić information content (AvgIpc) is 3.08. The second-order valence-corrected chi connectivity index (χ2v) is 5.36. The summed E-state index contributed by atoms with van der Waals surface area (Å²) in [5.74, 6) is 1.41. The highest BCUT2D eigenvalue weighted by Crippen LogP contribution is 2.39. The molecule has 0 amide bonds. The lowest BCUT2D eigenvalue weighted by molar-refractivity contribution is -0.138. The first kappa shape index (κ1) is 16.0. The molecule has 24 heavy (non-hydrogen) atoms. The van der Waals surface area contributed by atoms with Crippen LogP contribution in [0.2, 0.25) is 0 Å². The fourth-order valence-electron chi connectivity index (χ4n) is 2.41. The Morgan fingerprint density at radius 2 is 2.00 bits per heavy atom. The fraction of sp³-hybridized carbons (Fsp3) is 0.222. The number of carbonyl (C=O) groups excluding carboxylic acids is 2. The Morgan fingerprint density at radius 1 is 1.21 bits per heavy atom. The van der Waals surface area contributed by atoms with E-state index in [0.29, 0.717) is 28.4 Å². The van der Waals surface area contributed by atoms with Gasteiger partial charge in [-0.05, 0) is 38.1 Å². The van der Waals surface area contributed by atoms with Gasteiger partial charge in [0.2, 0.25) is 5.78 Å². The molecule has 1 aromatic heterocycles. The van der Waals surface area contributed by atoms with Crippen LogP contribution in [0.25, 0.3) is 6.08 Å². The van der Waals surface area contributed by atoms with Gasteiger partial charge < -0.3 is 18.6 Å². The van der Waals surface area contributed by atoms with Crippen molar-refractivity contribution in [2.24, 2.45) is 0 Å². The number of rotatable bonds is 4. The molecule has 2 aromatic rings. The van der Waals surface area contributed by atoms with Crippen molar-refractivity contribution in [3.05, 3.63) is 52.7 Å². The maximum Gasteiger partial charge on any atom is 0.337 e. The number of ether oxygens (including phenoxy) is 3. The summed E-state index contributed by atoms with van der Waals surface area (Å²) in [6.45, 7) is 3.39. The molecule has 0 atom stereocenters. The number of aryl methyl sites for hydroxylation is 1. The van der Waals surface area contributed by atoms with E-state index in [0.717, 1.165) is 5.76 Å². The summed E-state index contributed by atoms with van der Waals surface area (Å²) < 4.78 is 21.0. The molecular weight excluding hydrogens is 312 g/mol. The molecule has 3 rings (SSSR count). The van der Waals surface area contributed by atoms with Gasteiger partial charge in [-0.25, -0.2) is 4.79 Å². The van der Waals surface area contributed by atoms with Gasteiger partial charge in [-0.1, -0.05) is 0 Å². The highest BCUT2D eigenvalue weighted by Gasteiger charge is 2.30. The molecule has 0 N–H and O–H groups in total.